The summed E-state index contributed by atoms with van der Waals surface area (Å²) in [5, 5.41) is 12.8. The molecule has 0 fully saturated rings. The molecule has 0 saturated heterocycles. The Bertz CT molecular complexity index is 1040. The van der Waals surface area contributed by atoms with Crippen LogP contribution in [0.3, 0.4) is 0 Å². The van der Waals surface area contributed by atoms with Gasteiger partial charge in [0.05, 0.1) is 10.3 Å². The van der Waals surface area contributed by atoms with Crippen LogP contribution in [0.4, 0.5) is 5.69 Å². The number of rotatable bonds is 3. The lowest BCUT2D eigenvalue weighted by molar-refractivity contribution is -0.383. The molecule has 0 N–H and O–H groups in total. The molecule has 4 rings (SSSR count). The molecular formula is C21H17ClN2O3. The van der Waals surface area contributed by atoms with Gasteiger partial charge in [-0.1, -0.05) is 42.5 Å². The summed E-state index contributed by atoms with van der Waals surface area (Å²) in [7, 11) is 0. The minimum atomic E-state index is -0.367. The SMILES string of the molecule is O=C(CCl)N1Cc2cc3c([N+](=O)[O-])cccc3cc2C(c2ccccc2)C1. The Balaban J connectivity index is 1.92. The summed E-state index contributed by atoms with van der Waals surface area (Å²) < 4.78 is 0. The van der Waals surface area contributed by atoms with E-state index in [2.05, 4.69) is 0 Å². The number of nitro groups is 1. The summed E-state index contributed by atoms with van der Waals surface area (Å²) in [6, 6.07) is 19.0. The summed E-state index contributed by atoms with van der Waals surface area (Å²) in [6.45, 7) is 0.954. The summed E-state index contributed by atoms with van der Waals surface area (Å²) in [4.78, 5) is 25.1. The number of halogens is 1. The Hall–Kier alpha value is -2.92. The number of benzene rings is 3. The van der Waals surface area contributed by atoms with Crippen LogP contribution in [0.2, 0.25) is 0 Å². The van der Waals surface area contributed by atoms with Gasteiger partial charge in [-0.25, -0.2) is 0 Å². The van der Waals surface area contributed by atoms with Crippen LogP contribution in [0.1, 0.15) is 22.6 Å². The van der Waals surface area contributed by atoms with Crippen LogP contribution in [0.25, 0.3) is 10.8 Å². The highest BCUT2D eigenvalue weighted by Gasteiger charge is 2.30. The smallest absolute Gasteiger partial charge is 0.277 e. The molecule has 3 aromatic carbocycles. The van der Waals surface area contributed by atoms with Crippen molar-refractivity contribution in [1.29, 1.82) is 0 Å². The van der Waals surface area contributed by atoms with Gasteiger partial charge in [-0.05, 0) is 34.2 Å². The Labute approximate surface area is 161 Å². The number of nitro benzene ring substituents is 1. The Kier molecular flexibility index (Phi) is 4.54. The highest BCUT2D eigenvalue weighted by Crippen LogP contribution is 2.38. The maximum Gasteiger partial charge on any atom is 0.277 e. The fourth-order valence-electron chi connectivity index (χ4n) is 3.83. The van der Waals surface area contributed by atoms with Gasteiger partial charge in [-0.2, -0.15) is 0 Å². The normalized spacial score (nSPS) is 16.2. The fraction of sp³-hybridized carbons (Fsp3) is 0.190. The fourth-order valence-corrected chi connectivity index (χ4v) is 3.99. The van der Waals surface area contributed by atoms with E-state index in [0.29, 0.717) is 18.5 Å². The van der Waals surface area contributed by atoms with Gasteiger partial charge in [0.15, 0.2) is 0 Å². The van der Waals surface area contributed by atoms with Crippen molar-refractivity contribution in [2.45, 2.75) is 12.5 Å². The molecule has 0 bridgehead atoms. The van der Waals surface area contributed by atoms with E-state index in [-0.39, 0.29) is 28.3 Å². The van der Waals surface area contributed by atoms with Gasteiger partial charge in [-0.3, -0.25) is 14.9 Å². The number of hydrogen-bond donors (Lipinski definition) is 0. The van der Waals surface area contributed by atoms with Crippen molar-refractivity contribution in [3.8, 4) is 0 Å². The van der Waals surface area contributed by atoms with Crippen molar-refractivity contribution in [3.05, 3.63) is 87.5 Å². The maximum atomic E-state index is 12.3. The molecule has 1 aliphatic rings. The minimum Gasteiger partial charge on any atom is -0.336 e. The van der Waals surface area contributed by atoms with Crippen LogP contribution in [0, 0.1) is 10.1 Å². The molecule has 136 valence electrons. The van der Waals surface area contributed by atoms with Gasteiger partial charge in [0.25, 0.3) is 5.69 Å². The third-order valence-corrected chi connectivity index (χ3v) is 5.35. The van der Waals surface area contributed by atoms with Crippen molar-refractivity contribution in [2.24, 2.45) is 0 Å². The van der Waals surface area contributed by atoms with E-state index in [1.54, 1.807) is 11.0 Å². The van der Waals surface area contributed by atoms with Crippen LogP contribution in [-0.2, 0) is 11.3 Å². The summed E-state index contributed by atoms with van der Waals surface area (Å²) in [6.07, 6.45) is 0. The van der Waals surface area contributed by atoms with Gasteiger partial charge in [-0.15, -0.1) is 11.6 Å². The van der Waals surface area contributed by atoms with E-state index >= 15 is 0 Å². The zero-order valence-corrected chi connectivity index (χ0v) is 15.2. The third-order valence-electron chi connectivity index (χ3n) is 5.12. The summed E-state index contributed by atoms with van der Waals surface area (Å²) >= 11 is 5.79. The van der Waals surface area contributed by atoms with Crippen molar-refractivity contribution in [2.75, 3.05) is 12.4 Å². The minimum absolute atomic E-state index is 0.00535. The number of carbonyl (C=O) groups is 1. The largest absolute Gasteiger partial charge is 0.336 e. The van der Waals surface area contributed by atoms with Crippen molar-refractivity contribution >= 4 is 34.0 Å². The number of carbonyl (C=O) groups excluding carboxylic acids is 1. The van der Waals surface area contributed by atoms with Gasteiger partial charge in [0.1, 0.15) is 5.88 Å². The average Bonchev–Trinajstić information content (AvgIpc) is 2.70. The molecule has 0 saturated carbocycles. The first-order valence-electron chi connectivity index (χ1n) is 8.67. The van der Waals surface area contributed by atoms with E-state index in [0.717, 1.165) is 22.1 Å². The molecule has 0 aromatic heterocycles. The van der Waals surface area contributed by atoms with Gasteiger partial charge < -0.3 is 4.90 Å². The highest BCUT2D eigenvalue weighted by molar-refractivity contribution is 6.27. The van der Waals surface area contributed by atoms with E-state index in [1.807, 2.05) is 48.5 Å². The molecule has 0 spiro atoms. The topological polar surface area (TPSA) is 63.5 Å². The number of hydrogen-bond acceptors (Lipinski definition) is 3. The zero-order chi connectivity index (χ0) is 19.0. The maximum absolute atomic E-state index is 12.3. The van der Waals surface area contributed by atoms with Gasteiger partial charge in [0.2, 0.25) is 5.91 Å². The predicted octanol–water partition coefficient (Wildman–Crippen LogP) is 4.46. The summed E-state index contributed by atoms with van der Waals surface area (Å²) in [5.74, 6) is -0.207. The number of amides is 1. The number of nitrogens with zero attached hydrogens (tertiary/aromatic N) is 2. The van der Waals surface area contributed by atoms with Gasteiger partial charge in [0, 0.05) is 25.1 Å². The van der Waals surface area contributed by atoms with Gasteiger partial charge >= 0.3 is 0 Å². The molecule has 1 atom stereocenters. The van der Waals surface area contributed by atoms with Crippen LogP contribution < -0.4 is 0 Å². The number of alkyl halides is 1. The molecule has 27 heavy (non-hydrogen) atoms. The first-order chi connectivity index (χ1) is 13.1. The molecule has 1 unspecified atom stereocenters. The number of non-ortho nitro benzene ring substituents is 1. The van der Waals surface area contributed by atoms with E-state index in [1.165, 1.54) is 6.07 Å². The molecule has 1 aliphatic heterocycles. The monoisotopic (exact) mass is 380 g/mol. The average molecular weight is 381 g/mol. The first kappa shape index (κ1) is 17.5. The van der Waals surface area contributed by atoms with Crippen molar-refractivity contribution in [1.82, 2.24) is 4.90 Å². The van der Waals surface area contributed by atoms with E-state index < -0.39 is 0 Å². The van der Waals surface area contributed by atoms with Crippen LogP contribution >= 0.6 is 11.6 Å². The Morgan fingerprint density at radius 2 is 1.93 bits per heavy atom. The van der Waals surface area contributed by atoms with Crippen molar-refractivity contribution in [3.63, 3.8) is 0 Å². The molecule has 0 aliphatic carbocycles. The molecule has 1 amide bonds. The van der Waals surface area contributed by atoms with Crippen LogP contribution in [0.15, 0.2) is 60.7 Å². The second-order valence-electron chi connectivity index (χ2n) is 6.68. The first-order valence-corrected chi connectivity index (χ1v) is 9.20. The molecule has 1 heterocycles. The molecule has 3 aromatic rings. The van der Waals surface area contributed by atoms with E-state index in [9.17, 15) is 14.9 Å². The lowest BCUT2D eigenvalue weighted by Gasteiger charge is -2.35. The molecular weight excluding hydrogens is 364 g/mol. The Morgan fingerprint density at radius 1 is 1.15 bits per heavy atom. The van der Waals surface area contributed by atoms with Crippen molar-refractivity contribution < 1.29 is 9.72 Å². The number of fused-ring (bicyclic) bond motifs is 2. The quantitative estimate of drug-likeness (QED) is 0.383. The highest BCUT2D eigenvalue weighted by atomic mass is 35.5. The Morgan fingerprint density at radius 3 is 2.63 bits per heavy atom. The third kappa shape index (κ3) is 3.15. The predicted molar refractivity (Wildman–Crippen MR) is 105 cm³/mol. The van der Waals surface area contributed by atoms with E-state index in [4.69, 9.17) is 11.6 Å². The molecule has 6 heteroatoms. The van der Waals surface area contributed by atoms with Crippen LogP contribution in [0.5, 0.6) is 0 Å². The lowest BCUT2D eigenvalue weighted by Crippen LogP contribution is -2.39. The molecule has 0 radical (unpaired) electrons. The van der Waals surface area contributed by atoms with Crippen LogP contribution in [-0.4, -0.2) is 28.2 Å². The zero-order valence-electron chi connectivity index (χ0n) is 14.5. The lowest BCUT2D eigenvalue weighted by atomic mass is 9.83. The molecule has 5 nitrogen and oxygen atoms in total. The standard InChI is InChI=1S/C21H17ClN2O3/c22-11-21(25)23-12-16-10-18-15(7-4-8-20(18)24(26)27)9-17(16)19(13-23)14-5-2-1-3-6-14/h1-10,19H,11-13H2. The second kappa shape index (κ2) is 7.00. The second-order valence-corrected chi connectivity index (χ2v) is 6.94. The summed E-state index contributed by atoms with van der Waals surface area (Å²) in [5.41, 5.74) is 3.21.